The first-order valence-corrected chi connectivity index (χ1v) is 4.50. The van der Waals surface area contributed by atoms with Gasteiger partial charge >= 0.3 is 6.03 Å². The van der Waals surface area contributed by atoms with E-state index in [0.29, 0.717) is 12.4 Å². The first-order chi connectivity index (χ1) is 5.70. The summed E-state index contributed by atoms with van der Waals surface area (Å²) in [4.78, 5) is 10.9. The minimum absolute atomic E-state index is 0.205. The number of carbonyl (C=O) groups excluding carboxylic acids is 1. The Hall–Kier alpha value is -0.700. The van der Waals surface area contributed by atoms with Crippen LogP contribution in [-0.2, 0) is 0 Å². The van der Waals surface area contributed by atoms with E-state index in [1.807, 2.05) is 13.8 Å². The van der Waals surface area contributed by atoms with E-state index in [0.717, 1.165) is 12.0 Å². The molecule has 0 aliphatic rings. The molecule has 12 heavy (non-hydrogen) atoms. The lowest BCUT2D eigenvalue weighted by molar-refractivity contribution is 0.244. The van der Waals surface area contributed by atoms with Crippen molar-refractivity contribution in [3.05, 3.63) is 11.8 Å². The van der Waals surface area contributed by atoms with Gasteiger partial charge in [-0.15, -0.1) is 11.6 Å². The van der Waals surface area contributed by atoms with Crippen LogP contribution in [0.1, 0.15) is 20.3 Å². The van der Waals surface area contributed by atoms with Gasteiger partial charge in [0.15, 0.2) is 0 Å². The SMILES string of the molecule is CC/C(C)=C/NC(=O)NCCCl. The van der Waals surface area contributed by atoms with E-state index < -0.39 is 0 Å². The number of amides is 2. The maximum absolute atomic E-state index is 10.9. The van der Waals surface area contributed by atoms with Gasteiger partial charge in [0.1, 0.15) is 0 Å². The summed E-state index contributed by atoms with van der Waals surface area (Å²) >= 11 is 5.38. The van der Waals surface area contributed by atoms with Crippen LogP contribution in [0.5, 0.6) is 0 Å². The topological polar surface area (TPSA) is 41.1 Å². The van der Waals surface area contributed by atoms with Gasteiger partial charge in [-0.05, 0) is 13.3 Å². The maximum Gasteiger partial charge on any atom is 0.318 e. The van der Waals surface area contributed by atoms with Crippen molar-refractivity contribution in [2.24, 2.45) is 0 Å². The zero-order valence-corrected chi connectivity index (χ0v) is 8.24. The molecule has 2 N–H and O–H groups in total. The average molecular weight is 191 g/mol. The fraction of sp³-hybridized carbons (Fsp3) is 0.625. The van der Waals surface area contributed by atoms with Gasteiger partial charge in [-0.2, -0.15) is 0 Å². The predicted octanol–water partition coefficient (Wildman–Crippen LogP) is 1.84. The molecule has 0 spiro atoms. The summed E-state index contributed by atoms with van der Waals surface area (Å²) in [5.74, 6) is 0.434. The standard InChI is InChI=1S/C8H15ClN2O/c1-3-7(2)6-11-8(12)10-5-4-9/h6H,3-5H2,1-2H3,(H2,10,11,12)/b7-6+. The summed E-state index contributed by atoms with van der Waals surface area (Å²) in [7, 11) is 0. The molecule has 0 aromatic rings. The van der Waals surface area contributed by atoms with Crippen LogP contribution in [-0.4, -0.2) is 18.5 Å². The third kappa shape index (κ3) is 6.04. The van der Waals surface area contributed by atoms with E-state index in [-0.39, 0.29) is 6.03 Å². The summed E-state index contributed by atoms with van der Waals surface area (Å²) in [6.07, 6.45) is 2.64. The molecule has 4 heteroatoms. The third-order valence-electron chi connectivity index (χ3n) is 1.39. The lowest BCUT2D eigenvalue weighted by Gasteiger charge is -2.02. The van der Waals surface area contributed by atoms with Crippen LogP contribution in [0, 0.1) is 0 Å². The normalized spacial score (nSPS) is 11.1. The second kappa shape index (κ2) is 6.98. The Morgan fingerprint density at radius 1 is 1.58 bits per heavy atom. The number of halogens is 1. The molecule has 0 fully saturated rings. The summed E-state index contributed by atoms with van der Waals surface area (Å²) < 4.78 is 0. The molecule has 0 heterocycles. The van der Waals surface area contributed by atoms with Crippen LogP contribution < -0.4 is 10.6 Å². The highest BCUT2D eigenvalue weighted by molar-refractivity contribution is 6.18. The molecule has 0 bridgehead atoms. The molecule has 0 aromatic heterocycles. The molecule has 3 nitrogen and oxygen atoms in total. The first-order valence-electron chi connectivity index (χ1n) is 3.96. The van der Waals surface area contributed by atoms with E-state index >= 15 is 0 Å². The minimum atomic E-state index is -0.205. The molecule has 2 amide bonds. The quantitative estimate of drug-likeness (QED) is 0.653. The van der Waals surface area contributed by atoms with Crippen LogP contribution >= 0.6 is 11.6 Å². The van der Waals surface area contributed by atoms with Gasteiger partial charge in [0.2, 0.25) is 0 Å². The van der Waals surface area contributed by atoms with Gasteiger partial charge in [0.05, 0.1) is 0 Å². The molecule has 70 valence electrons. The van der Waals surface area contributed by atoms with Crippen molar-refractivity contribution in [3.63, 3.8) is 0 Å². The molecule has 0 rings (SSSR count). The molecule has 0 aromatic carbocycles. The second-order valence-corrected chi connectivity index (χ2v) is 2.81. The van der Waals surface area contributed by atoms with Gasteiger partial charge in [0.25, 0.3) is 0 Å². The highest BCUT2D eigenvalue weighted by Gasteiger charge is 1.94. The Morgan fingerprint density at radius 2 is 2.25 bits per heavy atom. The largest absolute Gasteiger partial charge is 0.337 e. The molecule has 0 aliphatic carbocycles. The maximum atomic E-state index is 10.9. The van der Waals surface area contributed by atoms with Gasteiger partial charge in [0, 0.05) is 18.6 Å². The van der Waals surface area contributed by atoms with Gasteiger partial charge in [-0.3, -0.25) is 0 Å². The van der Waals surface area contributed by atoms with Gasteiger partial charge < -0.3 is 10.6 Å². The van der Waals surface area contributed by atoms with Crippen molar-refractivity contribution >= 4 is 17.6 Å². The molecule has 0 unspecified atom stereocenters. The Morgan fingerprint density at radius 3 is 2.75 bits per heavy atom. The molecule has 0 radical (unpaired) electrons. The molecule has 0 atom stereocenters. The summed E-state index contributed by atoms with van der Waals surface area (Å²) in [6, 6.07) is -0.205. The van der Waals surface area contributed by atoms with Crippen molar-refractivity contribution in [2.75, 3.05) is 12.4 Å². The molecule has 0 saturated carbocycles. The van der Waals surface area contributed by atoms with E-state index in [4.69, 9.17) is 11.6 Å². The van der Waals surface area contributed by atoms with E-state index in [9.17, 15) is 4.79 Å². The van der Waals surface area contributed by atoms with E-state index in [1.165, 1.54) is 0 Å². The highest BCUT2D eigenvalue weighted by Crippen LogP contribution is 1.93. The zero-order chi connectivity index (χ0) is 9.40. The van der Waals surface area contributed by atoms with E-state index in [1.54, 1.807) is 6.20 Å². The Labute approximate surface area is 78.2 Å². The first kappa shape index (κ1) is 11.3. The number of allylic oxidation sites excluding steroid dienone is 1. The van der Waals surface area contributed by atoms with Crippen molar-refractivity contribution in [1.29, 1.82) is 0 Å². The Kier molecular flexibility index (Phi) is 6.57. The molecular formula is C8H15ClN2O. The van der Waals surface area contributed by atoms with Crippen LogP contribution in [0.25, 0.3) is 0 Å². The van der Waals surface area contributed by atoms with Crippen LogP contribution in [0.3, 0.4) is 0 Å². The second-order valence-electron chi connectivity index (χ2n) is 2.43. The van der Waals surface area contributed by atoms with E-state index in [2.05, 4.69) is 10.6 Å². The number of hydrogen-bond acceptors (Lipinski definition) is 1. The van der Waals surface area contributed by atoms with Gasteiger partial charge in [-0.25, -0.2) is 4.79 Å². The lowest BCUT2D eigenvalue weighted by atomic mass is 10.3. The summed E-state index contributed by atoms with van der Waals surface area (Å²) in [5.41, 5.74) is 1.14. The van der Waals surface area contributed by atoms with Gasteiger partial charge in [-0.1, -0.05) is 12.5 Å². The molecular weight excluding hydrogens is 176 g/mol. The number of urea groups is 1. The van der Waals surface area contributed by atoms with Crippen molar-refractivity contribution in [2.45, 2.75) is 20.3 Å². The van der Waals surface area contributed by atoms with Crippen LogP contribution in [0.2, 0.25) is 0 Å². The minimum Gasteiger partial charge on any atom is -0.337 e. The fourth-order valence-corrected chi connectivity index (χ4v) is 0.597. The van der Waals surface area contributed by atoms with Crippen molar-refractivity contribution < 1.29 is 4.79 Å². The molecule has 0 aliphatic heterocycles. The van der Waals surface area contributed by atoms with Crippen LogP contribution in [0.15, 0.2) is 11.8 Å². The Bertz CT molecular complexity index is 168. The van der Waals surface area contributed by atoms with Crippen LogP contribution in [0.4, 0.5) is 4.79 Å². The van der Waals surface area contributed by atoms with Crippen molar-refractivity contribution in [1.82, 2.24) is 10.6 Å². The Balaban J connectivity index is 3.56. The molecule has 0 saturated heterocycles. The smallest absolute Gasteiger partial charge is 0.318 e. The van der Waals surface area contributed by atoms with Crippen molar-refractivity contribution in [3.8, 4) is 0 Å². The predicted molar refractivity (Wildman–Crippen MR) is 51.3 cm³/mol. The highest BCUT2D eigenvalue weighted by atomic mass is 35.5. The summed E-state index contributed by atoms with van der Waals surface area (Å²) in [5, 5.41) is 5.18. The third-order valence-corrected chi connectivity index (χ3v) is 1.58. The average Bonchev–Trinajstić information content (AvgIpc) is 2.10. The number of nitrogens with one attached hydrogen (secondary N) is 2. The number of hydrogen-bond donors (Lipinski definition) is 2. The fourth-order valence-electron chi connectivity index (χ4n) is 0.503. The summed E-state index contributed by atoms with van der Waals surface area (Å²) in [6.45, 7) is 4.48. The number of carbonyl (C=O) groups is 1. The monoisotopic (exact) mass is 190 g/mol. The number of rotatable bonds is 4. The number of alkyl halides is 1. The zero-order valence-electron chi connectivity index (χ0n) is 7.48. The lowest BCUT2D eigenvalue weighted by Crippen LogP contribution is -2.33.